The van der Waals surface area contributed by atoms with Crippen LogP contribution in [0.2, 0.25) is 0 Å². The minimum absolute atomic E-state index is 0.111. The molecular formula is C10H9NO4. The van der Waals surface area contributed by atoms with Crippen LogP contribution in [0.5, 0.6) is 5.75 Å². The van der Waals surface area contributed by atoms with E-state index in [4.69, 9.17) is 9.15 Å². The van der Waals surface area contributed by atoms with Gasteiger partial charge in [-0.15, -0.1) is 0 Å². The number of hydrogen-bond donors (Lipinski definition) is 0. The molecule has 0 bridgehead atoms. The smallest absolute Gasteiger partial charge is 0.343 e. The van der Waals surface area contributed by atoms with Crippen LogP contribution in [0.1, 0.15) is 0 Å². The largest absolute Gasteiger partial charge is 0.482 e. The number of hydrogen-bond acceptors (Lipinski definition) is 5. The summed E-state index contributed by atoms with van der Waals surface area (Å²) in [6, 6.07) is 5.13. The molecule has 15 heavy (non-hydrogen) atoms. The Balaban J connectivity index is 2.11. The Morgan fingerprint density at radius 1 is 1.53 bits per heavy atom. The summed E-state index contributed by atoms with van der Waals surface area (Å²) in [6.07, 6.45) is 1.36. The van der Waals surface area contributed by atoms with Crippen molar-refractivity contribution in [2.75, 3.05) is 13.7 Å². The number of ether oxygens (including phenoxy) is 2. The van der Waals surface area contributed by atoms with Crippen LogP contribution in [0.3, 0.4) is 0 Å². The third kappa shape index (κ3) is 2.07. The van der Waals surface area contributed by atoms with Crippen molar-refractivity contribution in [3.05, 3.63) is 24.6 Å². The van der Waals surface area contributed by atoms with Crippen LogP contribution in [0.25, 0.3) is 11.1 Å². The third-order valence-corrected chi connectivity index (χ3v) is 1.89. The summed E-state index contributed by atoms with van der Waals surface area (Å²) in [4.78, 5) is 14.8. The van der Waals surface area contributed by atoms with Crippen LogP contribution < -0.4 is 4.74 Å². The lowest BCUT2D eigenvalue weighted by Gasteiger charge is -2.03. The molecule has 0 saturated heterocycles. The van der Waals surface area contributed by atoms with Crippen molar-refractivity contribution < 1.29 is 18.7 Å². The van der Waals surface area contributed by atoms with Crippen molar-refractivity contribution >= 4 is 17.1 Å². The highest BCUT2D eigenvalue weighted by atomic mass is 16.6. The Bertz CT molecular complexity index is 477. The maximum absolute atomic E-state index is 10.8. The first-order valence-electron chi connectivity index (χ1n) is 4.32. The second-order valence-corrected chi connectivity index (χ2v) is 2.85. The molecule has 0 aliphatic heterocycles. The van der Waals surface area contributed by atoms with E-state index >= 15 is 0 Å². The predicted molar refractivity (Wildman–Crippen MR) is 51.5 cm³/mol. The van der Waals surface area contributed by atoms with Crippen molar-refractivity contribution in [1.82, 2.24) is 4.98 Å². The van der Waals surface area contributed by atoms with E-state index in [0.29, 0.717) is 16.8 Å². The molecule has 1 aromatic heterocycles. The molecule has 1 heterocycles. The number of nitrogens with zero attached hydrogens (tertiary/aromatic N) is 1. The van der Waals surface area contributed by atoms with E-state index in [9.17, 15) is 4.79 Å². The van der Waals surface area contributed by atoms with E-state index in [0.717, 1.165) is 0 Å². The quantitative estimate of drug-likeness (QED) is 0.711. The van der Waals surface area contributed by atoms with Crippen molar-refractivity contribution in [3.8, 4) is 5.75 Å². The summed E-state index contributed by atoms with van der Waals surface area (Å²) >= 11 is 0. The lowest BCUT2D eigenvalue weighted by Crippen LogP contribution is -2.12. The van der Waals surface area contributed by atoms with Gasteiger partial charge >= 0.3 is 5.97 Å². The molecule has 5 nitrogen and oxygen atoms in total. The Morgan fingerprint density at radius 2 is 2.40 bits per heavy atom. The number of fused-ring (bicyclic) bond motifs is 1. The number of oxazole rings is 1. The molecular weight excluding hydrogens is 198 g/mol. The Hall–Kier alpha value is -2.04. The summed E-state index contributed by atoms with van der Waals surface area (Å²) in [5.74, 6) is 0.136. The fraction of sp³-hybridized carbons (Fsp3) is 0.200. The van der Waals surface area contributed by atoms with E-state index in [1.165, 1.54) is 13.5 Å². The van der Waals surface area contributed by atoms with E-state index in [-0.39, 0.29) is 6.61 Å². The topological polar surface area (TPSA) is 61.6 Å². The van der Waals surface area contributed by atoms with Crippen LogP contribution in [-0.2, 0) is 9.53 Å². The fourth-order valence-electron chi connectivity index (χ4n) is 1.13. The number of carbonyl (C=O) groups excluding carboxylic acids is 1. The summed E-state index contributed by atoms with van der Waals surface area (Å²) in [7, 11) is 1.31. The van der Waals surface area contributed by atoms with Crippen LogP contribution >= 0.6 is 0 Å². The van der Waals surface area contributed by atoms with Gasteiger partial charge in [-0.3, -0.25) is 0 Å². The lowest BCUT2D eigenvalue weighted by molar-refractivity contribution is -0.142. The van der Waals surface area contributed by atoms with Crippen molar-refractivity contribution in [3.63, 3.8) is 0 Å². The van der Waals surface area contributed by atoms with Gasteiger partial charge in [0.1, 0.15) is 11.3 Å². The third-order valence-electron chi connectivity index (χ3n) is 1.89. The van der Waals surface area contributed by atoms with Crippen LogP contribution in [0.4, 0.5) is 0 Å². The predicted octanol–water partition coefficient (Wildman–Crippen LogP) is 1.38. The number of rotatable bonds is 3. The van der Waals surface area contributed by atoms with Gasteiger partial charge in [0, 0.05) is 6.07 Å². The number of aromatic nitrogens is 1. The highest BCUT2D eigenvalue weighted by Crippen LogP contribution is 2.19. The molecule has 0 aliphatic carbocycles. The molecule has 0 radical (unpaired) electrons. The van der Waals surface area contributed by atoms with Crippen LogP contribution in [0, 0.1) is 0 Å². The van der Waals surface area contributed by atoms with Crippen LogP contribution in [-0.4, -0.2) is 24.7 Å². The van der Waals surface area contributed by atoms with E-state index in [2.05, 4.69) is 9.72 Å². The lowest BCUT2D eigenvalue weighted by atomic mass is 10.3. The number of esters is 1. The minimum atomic E-state index is -0.421. The van der Waals surface area contributed by atoms with Gasteiger partial charge in [0.15, 0.2) is 18.6 Å². The van der Waals surface area contributed by atoms with Crippen LogP contribution in [0.15, 0.2) is 29.0 Å². The second kappa shape index (κ2) is 4.00. The van der Waals surface area contributed by atoms with Gasteiger partial charge in [0.25, 0.3) is 0 Å². The number of carbonyl (C=O) groups is 1. The molecule has 0 fully saturated rings. The molecule has 78 valence electrons. The van der Waals surface area contributed by atoms with Gasteiger partial charge in [0.2, 0.25) is 0 Å². The molecule has 5 heteroatoms. The first kappa shape index (κ1) is 9.51. The summed E-state index contributed by atoms with van der Waals surface area (Å²) in [5.41, 5.74) is 1.37. The molecule has 0 amide bonds. The zero-order valence-corrected chi connectivity index (χ0v) is 8.10. The molecule has 0 unspecified atom stereocenters. The molecule has 0 saturated carbocycles. The SMILES string of the molecule is COC(=O)COc1ccc2ocnc2c1. The average molecular weight is 207 g/mol. The fourth-order valence-corrected chi connectivity index (χ4v) is 1.13. The second-order valence-electron chi connectivity index (χ2n) is 2.85. The summed E-state index contributed by atoms with van der Waals surface area (Å²) in [6.45, 7) is -0.111. The van der Waals surface area contributed by atoms with E-state index in [1.807, 2.05) is 0 Å². The number of methoxy groups -OCH3 is 1. The monoisotopic (exact) mass is 207 g/mol. The van der Waals surface area contributed by atoms with Gasteiger partial charge < -0.3 is 13.9 Å². The standard InChI is InChI=1S/C10H9NO4/c1-13-10(12)5-14-7-2-3-9-8(4-7)11-6-15-9/h2-4,6H,5H2,1H3. The van der Waals surface area contributed by atoms with Gasteiger partial charge in [-0.05, 0) is 12.1 Å². The molecule has 1 aromatic carbocycles. The molecule has 0 N–H and O–H groups in total. The minimum Gasteiger partial charge on any atom is -0.482 e. The van der Waals surface area contributed by atoms with Crippen molar-refractivity contribution in [1.29, 1.82) is 0 Å². The van der Waals surface area contributed by atoms with Gasteiger partial charge in [-0.1, -0.05) is 0 Å². The van der Waals surface area contributed by atoms with Gasteiger partial charge in [-0.25, -0.2) is 9.78 Å². The Morgan fingerprint density at radius 3 is 3.20 bits per heavy atom. The summed E-state index contributed by atoms with van der Waals surface area (Å²) < 4.78 is 14.7. The van der Waals surface area contributed by atoms with Crippen molar-refractivity contribution in [2.24, 2.45) is 0 Å². The Labute approximate surface area is 85.6 Å². The van der Waals surface area contributed by atoms with E-state index in [1.54, 1.807) is 18.2 Å². The first-order valence-corrected chi connectivity index (χ1v) is 4.32. The maximum Gasteiger partial charge on any atom is 0.343 e. The Kier molecular flexibility index (Phi) is 2.53. The van der Waals surface area contributed by atoms with Crippen molar-refractivity contribution in [2.45, 2.75) is 0 Å². The highest BCUT2D eigenvalue weighted by Gasteiger charge is 2.04. The first-order chi connectivity index (χ1) is 7.29. The molecule has 0 aliphatic rings. The zero-order valence-electron chi connectivity index (χ0n) is 8.10. The molecule has 0 spiro atoms. The average Bonchev–Trinajstić information content (AvgIpc) is 2.72. The number of benzene rings is 1. The maximum atomic E-state index is 10.8. The highest BCUT2D eigenvalue weighted by molar-refractivity contribution is 5.74. The molecule has 0 atom stereocenters. The summed E-state index contributed by atoms with van der Waals surface area (Å²) in [5, 5.41) is 0. The van der Waals surface area contributed by atoms with Gasteiger partial charge in [0.05, 0.1) is 7.11 Å². The van der Waals surface area contributed by atoms with E-state index < -0.39 is 5.97 Å². The van der Waals surface area contributed by atoms with Gasteiger partial charge in [-0.2, -0.15) is 0 Å². The zero-order chi connectivity index (χ0) is 10.7. The molecule has 2 aromatic rings. The molecule has 2 rings (SSSR count). The normalized spacial score (nSPS) is 10.2.